The minimum atomic E-state index is -0.117. The molecule has 2 atom stereocenters. The second kappa shape index (κ2) is 6.72. The molecular weight excluding hydrogens is 238 g/mol. The van der Waals surface area contributed by atoms with Crippen molar-refractivity contribution in [3.63, 3.8) is 0 Å². The fraction of sp³-hybridized carbons (Fsp3) is 0.500. The van der Waals surface area contributed by atoms with E-state index in [1.54, 1.807) is 0 Å². The van der Waals surface area contributed by atoms with Gasteiger partial charge in [0, 0.05) is 18.2 Å². The van der Waals surface area contributed by atoms with Gasteiger partial charge in [0.2, 0.25) is 0 Å². The van der Waals surface area contributed by atoms with Gasteiger partial charge in [0.15, 0.2) is 0 Å². The van der Waals surface area contributed by atoms with E-state index in [4.69, 9.17) is 5.11 Å². The Hall–Kier alpha value is -1.34. The summed E-state index contributed by atoms with van der Waals surface area (Å²) in [6.07, 6.45) is 1.13. The van der Waals surface area contributed by atoms with E-state index in [-0.39, 0.29) is 19.3 Å². The average molecular weight is 259 g/mol. The summed E-state index contributed by atoms with van der Waals surface area (Å²) in [7, 11) is 0. The summed E-state index contributed by atoms with van der Waals surface area (Å²) in [5, 5.41) is 18.3. The van der Waals surface area contributed by atoms with E-state index in [2.05, 4.69) is 29.7 Å². The van der Waals surface area contributed by atoms with E-state index in [1.807, 2.05) is 18.2 Å². The van der Waals surface area contributed by atoms with Gasteiger partial charge in [-0.1, -0.05) is 37.0 Å². The highest BCUT2D eigenvalue weighted by Crippen LogP contribution is 2.25. The minimum absolute atomic E-state index is 0.117. The van der Waals surface area contributed by atoms with E-state index < -0.39 is 0 Å². The van der Waals surface area contributed by atoms with Gasteiger partial charge in [-0.25, -0.2) is 0 Å². The van der Waals surface area contributed by atoms with Crippen molar-refractivity contribution in [2.75, 3.05) is 19.8 Å². The molecule has 1 heterocycles. The molecule has 2 rings (SSSR count). The quantitative estimate of drug-likeness (QED) is 0.803. The zero-order valence-corrected chi connectivity index (χ0v) is 11.3. The molecule has 0 amide bonds. The summed E-state index contributed by atoms with van der Waals surface area (Å²) in [6, 6.07) is 8.26. The molecule has 0 bridgehead atoms. The second-order valence-corrected chi connectivity index (χ2v) is 5.10. The average Bonchev–Trinajstić information content (AvgIpc) is 2.78. The Kier molecular flexibility index (Phi) is 4.98. The SMILES string of the molecule is CC1CCN(Cc2ccccc2C#CCO)C1CO. The fourth-order valence-corrected chi connectivity index (χ4v) is 2.71. The van der Waals surface area contributed by atoms with E-state index in [0.717, 1.165) is 30.6 Å². The van der Waals surface area contributed by atoms with Crippen molar-refractivity contribution in [1.82, 2.24) is 4.90 Å². The second-order valence-electron chi connectivity index (χ2n) is 5.10. The van der Waals surface area contributed by atoms with E-state index in [0.29, 0.717) is 5.92 Å². The van der Waals surface area contributed by atoms with Gasteiger partial charge >= 0.3 is 0 Å². The number of hydrogen-bond donors (Lipinski definition) is 2. The highest BCUT2D eigenvalue weighted by molar-refractivity contribution is 5.41. The maximum absolute atomic E-state index is 9.49. The van der Waals surface area contributed by atoms with E-state index >= 15 is 0 Å². The molecule has 0 aliphatic carbocycles. The molecule has 1 saturated heterocycles. The predicted molar refractivity (Wildman–Crippen MR) is 75.5 cm³/mol. The Labute approximate surface area is 114 Å². The Morgan fingerprint density at radius 1 is 1.32 bits per heavy atom. The van der Waals surface area contributed by atoms with Crippen LogP contribution in [0.25, 0.3) is 0 Å². The van der Waals surface area contributed by atoms with Crippen LogP contribution in [0.2, 0.25) is 0 Å². The maximum Gasteiger partial charge on any atom is 0.104 e. The van der Waals surface area contributed by atoms with Gasteiger partial charge in [-0.05, 0) is 30.5 Å². The van der Waals surface area contributed by atoms with Crippen molar-refractivity contribution >= 4 is 0 Å². The van der Waals surface area contributed by atoms with Crippen LogP contribution in [0.3, 0.4) is 0 Å². The molecular formula is C16H21NO2. The van der Waals surface area contributed by atoms with Crippen molar-refractivity contribution in [3.8, 4) is 11.8 Å². The van der Waals surface area contributed by atoms with Crippen LogP contribution in [0.15, 0.2) is 24.3 Å². The predicted octanol–water partition coefficient (Wildman–Crippen LogP) is 1.23. The minimum Gasteiger partial charge on any atom is -0.395 e. The molecule has 1 aromatic carbocycles. The Balaban J connectivity index is 2.15. The first-order valence-electron chi connectivity index (χ1n) is 6.78. The summed E-state index contributed by atoms with van der Waals surface area (Å²) in [4.78, 5) is 2.32. The lowest BCUT2D eigenvalue weighted by Gasteiger charge is -2.25. The zero-order valence-electron chi connectivity index (χ0n) is 11.3. The molecule has 0 saturated carbocycles. The van der Waals surface area contributed by atoms with Crippen LogP contribution in [0, 0.1) is 17.8 Å². The topological polar surface area (TPSA) is 43.7 Å². The van der Waals surface area contributed by atoms with Crippen molar-refractivity contribution in [3.05, 3.63) is 35.4 Å². The van der Waals surface area contributed by atoms with Crippen LogP contribution in [-0.4, -0.2) is 40.9 Å². The molecule has 1 fully saturated rings. The lowest BCUT2D eigenvalue weighted by atomic mass is 10.0. The fourth-order valence-electron chi connectivity index (χ4n) is 2.71. The Morgan fingerprint density at radius 2 is 2.11 bits per heavy atom. The van der Waals surface area contributed by atoms with Crippen molar-refractivity contribution in [2.24, 2.45) is 5.92 Å². The molecule has 1 aromatic rings. The summed E-state index contributed by atoms with van der Waals surface area (Å²) in [5.41, 5.74) is 2.13. The monoisotopic (exact) mass is 259 g/mol. The molecule has 0 aromatic heterocycles. The summed E-state index contributed by atoms with van der Waals surface area (Å²) in [5.74, 6) is 6.24. The largest absolute Gasteiger partial charge is 0.395 e. The van der Waals surface area contributed by atoms with E-state index in [9.17, 15) is 5.11 Å². The lowest BCUT2D eigenvalue weighted by Crippen LogP contribution is -2.34. The van der Waals surface area contributed by atoms with Crippen LogP contribution < -0.4 is 0 Å². The highest BCUT2D eigenvalue weighted by atomic mass is 16.3. The molecule has 1 aliphatic rings. The molecule has 1 aliphatic heterocycles. The van der Waals surface area contributed by atoms with Gasteiger partial charge in [-0.2, -0.15) is 0 Å². The van der Waals surface area contributed by atoms with Crippen molar-refractivity contribution in [2.45, 2.75) is 25.9 Å². The molecule has 3 heteroatoms. The zero-order chi connectivity index (χ0) is 13.7. The highest BCUT2D eigenvalue weighted by Gasteiger charge is 2.30. The number of likely N-dealkylation sites (tertiary alicyclic amines) is 1. The summed E-state index contributed by atoms with van der Waals surface area (Å²) >= 11 is 0. The number of aliphatic hydroxyl groups excluding tert-OH is 2. The lowest BCUT2D eigenvalue weighted by molar-refractivity contribution is 0.134. The first kappa shape index (κ1) is 14.1. The number of aliphatic hydroxyl groups is 2. The molecule has 2 unspecified atom stereocenters. The first-order valence-corrected chi connectivity index (χ1v) is 6.78. The number of benzene rings is 1. The standard InChI is InChI=1S/C16H21NO2/c1-13-8-9-17(16(13)12-19)11-15-6-3-2-5-14(15)7-4-10-18/h2-3,5-6,13,16,18-19H,8-12H2,1H3. The van der Waals surface area contributed by atoms with Crippen LogP contribution in [0.5, 0.6) is 0 Å². The maximum atomic E-state index is 9.49. The molecule has 19 heavy (non-hydrogen) atoms. The Morgan fingerprint density at radius 3 is 2.84 bits per heavy atom. The molecule has 0 spiro atoms. The summed E-state index contributed by atoms with van der Waals surface area (Å²) in [6.45, 7) is 4.12. The smallest absolute Gasteiger partial charge is 0.104 e. The third-order valence-corrected chi connectivity index (χ3v) is 3.88. The van der Waals surface area contributed by atoms with Crippen LogP contribution in [0.4, 0.5) is 0 Å². The third-order valence-electron chi connectivity index (χ3n) is 3.88. The molecule has 3 nitrogen and oxygen atoms in total. The number of nitrogens with zero attached hydrogens (tertiary/aromatic N) is 1. The number of hydrogen-bond acceptors (Lipinski definition) is 3. The first-order chi connectivity index (χ1) is 9.26. The molecule has 102 valence electrons. The van der Waals surface area contributed by atoms with Crippen molar-refractivity contribution in [1.29, 1.82) is 0 Å². The van der Waals surface area contributed by atoms with Crippen LogP contribution in [0.1, 0.15) is 24.5 Å². The number of rotatable bonds is 3. The van der Waals surface area contributed by atoms with Crippen LogP contribution >= 0.6 is 0 Å². The van der Waals surface area contributed by atoms with Gasteiger partial charge in [0.05, 0.1) is 6.61 Å². The normalized spacial score (nSPS) is 23.1. The van der Waals surface area contributed by atoms with Gasteiger partial charge in [-0.3, -0.25) is 4.90 Å². The van der Waals surface area contributed by atoms with Gasteiger partial charge in [0.1, 0.15) is 6.61 Å². The summed E-state index contributed by atoms with van der Waals surface area (Å²) < 4.78 is 0. The third kappa shape index (κ3) is 3.36. The van der Waals surface area contributed by atoms with Crippen molar-refractivity contribution < 1.29 is 10.2 Å². The van der Waals surface area contributed by atoms with Gasteiger partial charge < -0.3 is 10.2 Å². The van der Waals surface area contributed by atoms with E-state index in [1.165, 1.54) is 0 Å². The Bertz CT molecular complexity index is 475. The van der Waals surface area contributed by atoms with Gasteiger partial charge in [-0.15, -0.1) is 0 Å². The van der Waals surface area contributed by atoms with Crippen LogP contribution in [-0.2, 0) is 6.54 Å². The molecule has 0 radical (unpaired) electrons. The molecule has 2 N–H and O–H groups in total. The van der Waals surface area contributed by atoms with Gasteiger partial charge in [0.25, 0.3) is 0 Å².